The van der Waals surface area contributed by atoms with Crippen LogP contribution in [0.1, 0.15) is 42.5 Å². The monoisotopic (exact) mass is 310 g/mol. The van der Waals surface area contributed by atoms with E-state index in [1.807, 2.05) is 6.07 Å². The van der Waals surface area contributed by atoms with Crippen molar-refractivity contribution in [3.05, 3.63) is 47.5 Å². The van der Waals surface area contributed by atoms with E-state index in [-0.39, 0.29) is 6.04 Å². The third kappa shape index (κ3) is 3.72. The maximum Gasteiger partial charge on any atom is 0.232 e. The maximum absolute atomic E-state index is 9.14. The van der Waals surface area contributed by atoms with Gasteiger partial charge in [0.2, 0.25) is 11.6 Å². The first kappa shape index (κ1) is 15.6. The van der Waals surface area contributed by atoms with Gasteiger partial charge in [-0.1, -0.05) is 36.8 Å². The van der Waals surface area contributed by atoms with E-state index in [0.717, 1.165) is 13.1 Å². The van der Waals surface area contributed by atoms with E-state index in [0.29, 0.717) is 24.0 Å². The summed E-state index contributed by atoms with van der Waals surface area (Å²) in [5.74, 6) is 0.987. The van der Waals surface area contributed by atoms with Crippen molar-refractivity contribution >= 4 is 5.88 Å². The van der Waals surface area contributed by atoms with E-state index >= 15 is 0 Å². The molecule has 0 saturated carbocycles. The Morgan fingerprint density at radius 1 is 1.26 bits per heavy atom. The van der Waals surface area contributed by atoms with Crippen molar-refractivity contribution in [1.82, 2.24) is 9.88 Å². The van der Waals surface area contributed by atoms with Crippen LogP contribution < -0.4 is 5.32 Å². The van der Waals surface area contributed by atoms with Gasteiger partial charge >= 0.3 is 0 Å². The van der Waals surface area contributed by atoms with Crippen molar-refractivity contribution in [2.45, 2.75) is 32.2 Å². The Bertz CT molecular complexity index is 668. The van der Waals surface area contributed by atoms with E-state index in [1.54, 1.807) is 6.92 Å². The number of benzene rings is 1. The Morgan fingerprint density at radius 3 is 2.70 bits per heavy atom. The lowest BCUT2D eigenvalue weighted by molar-refractivity contribution is 0.170. The molecule has 1 aliphatic heterocycles. The van der Waals surface area contributed by atoms with Gasteiger partial charge in [-0.2, -0.15) is 5.26 Å². The van der Waals surface area contributed by atoms with Crippen molar-refractivity contribution in [2.24, 2.45) is 0 Å². The van der Waals surface area contributed by atoms with Crippen LogP contribution in [-0.2, 0) is 0 Å². The van der Waals surface area contributed by atoms with E-state index in [2.05, 4.69) is 45.5 Å². The van der Waals surface area contributed by atoms with Gasteiger partial charge in [0, 0.05) is 13.5 Å². The van der Waals surface area contributed by atoms with Crippen molar-refractivity contribution in [1.29, 1.82) is 5.26 Å². The highest BCUT2D eigenvalue weighted by Crippen LogP contribution is 2.26. The molecule has 2 heterocycles. The largest absolute Gasteiger partial charge is 0.424 e. The minimum atomic E-state index is 0.272. The number of anilines is 1. The van der Waals surface area contributed by atoms with Gasteiger partial charge in [0.25, 0.3) is 0 Å². The summed E-state index contributed by atoms with van der Waals surface area (Å²) in [7, 11) is 0. The molecule has 120 valence electrons. The molecule has 1 aliphatic rings. The van der Waals surface area contributed by atoms with Gasteiger partial charge in [0.15, 0.2) is 5.89 Å². The molecule has 23 heavy (non-hydrogen) atoms. The van der Waals surface area contributed by atoms with Gasteiger partial charge in [-0.15, -0.1) is 0 Å². The Hall–Kier alpha value is -2.32. The second-order valence-electron chi connectivity index (χ2n) is 5.93. The molecule has 5 heteroatoms. The van der Waals surface area contributed by atoms with E-state index in [9.17, 15) is 0 Å². The van der Waals surface area contributed by atoms with Crippen LogP contribution in [0.5, 0.6) is 0 Å². The molecule has 0 bridgehead atoms. The summed E-state index contributed by atoms with van der Waals surface area (Å²) in [5.41, 5.74) is 1.62. The number of piperidine rings is 1. The highest BCUT2D eigenvalue weighted by atomic mass is 16.4. The second-order valence-corrected chi connectivity index (χ2v) is 5.93. The van der Waals surface area contributed by atoms with Crippen molar-refractivity contribution in [2.75, 3.05) is 25.0 Å². The molecule has 1 N–H and O–H groups in total. The zero-order chi connectivity index (χ0) is 16.1. The van der Waals surface area contributed by atoms with Gasteiger partial charge in [0.1, 0.15) is 6.07 Å². The van der Waals surface area contributed by atoms with Gasteiger partial charge in [-0.3, -0.25) is 4.90 Å². The van der Waals surface area contributed by atoms with E-state index < -0.39 is 0 Å². The Labute approximate surface area is 136 Å². The van der Waals surface area contributed by atoms with Crippen LogP contribution in [0.4, 0.5) is 5.88 Å². The van der Waals surface area contributed by atoms with Crippen LogP contribution in [0.3, 0.4) is 0 Å². The average molecular weight is 310 g/mol. The number of aryl methyl sites for hydroxylation is 1. The first-order valence-corrected chi connectivity index (χ1v) is 8.18. The van der Waals surface area contributed by atoms with Gasteiger partial charge < -0.3 is 9.73 Å². The topological polar surface area (TPSA) is 65.1 Å². The Balaban J connectivity index is 1.77. The fraction of sp³-hybridized carbons (Fsp3) is 0.444. The molecular formula is C18H22N4O. The Morgan fingerprint density at radius 2 is 2.00 bits per heavy atom. The fourth-order valence-corrected chi connectivity index (χ4v) is 3.18. The number of oxazole rings is 1. The van der Waals surface area contributed by atoms with Gasteiger partial charge in [-0.05, 0) is 31.5 Å². The molecule has 0 aliphatic carbocycles. The van der Waals surface area contributed by atoms with Crippen LogP contribution >= 0.6 is 0 Å². The van der Waals surface area contributed by atoms with E-state index in [1.165, 1.54) is 24.8 Å². The summed E-state index contributed by atoms with van der Waals surface area (Å²) in [6.07, 6.45) is 3.80. The molecule has 1 aromatic heterocycles. The first-order valence-electron chi connectivity index (χ1n) is 8.18. The zero-order valence-corrected chi connectivity index (χ0v) is 13.5. The summed E-state index contributed by atoms with van der Waals surface area (Å²) in [5, 5.41) is 12.4. The van der Waals surface area contributed by atoms with Gasteiger partial charge in [-0.25, -0.2) is 4.98 Å². The lowest BCUT2D eigenvalue weighted by Crippen LogP contribution is -2.37. The molecule has 3 rings (SSSR count). The number of hydrogen-bond donors (Lipinski definition) is 1. The van der Waals surface area contributed by atoms with Crippen molar-refractivity contribution in [3.8, 4) is 6.07 Å². The lowest BCUT2D eigenvalue weighted by Gasteiger charge is -2.35. The summed E-state index contributed by atoms with van der Waals surface area (Å²) >= 11 is 0. The summed E-state index contributed by atoms with van der Waals surface area (Å²) < 4.78 is 5.52. The van der Waals surface area contributed by atoms with Crippen LogP contribution in [0.2, 0.25) is 0 Å². The van der Waals surface area contributed by atoms with Gasteiger partial charge in [0.05, 0.1) is 6.04 Å². The lowest BCUT2D eigenvalue weighted by atomic mass is 10.0. The van der Waals surface area contributed by atoms with Crippen LogP contribution in [0.25, 0.3) is 0 Å². The SMILES string of the molecule is Cc1nc(C#N)c(NC[C@H](c2ccccc2)N2CCCCC2)o1. The number of nitriles is 1. The van der Waals surface area contributed by atoms with Crippen molar-refractivity contribution < 1.29 is 4.42 Å². The highest BCUT2D eigenvalue weighted by Gasteiger charge is 2.23. The van der Waals surface area contributed by atoms with Crippen LogP contribution in [-0.4, -0.2) is 29.5 Å². The molecule has 0 amide bonds. The average Bonchev–Trinajstić information content (AvgIpc) is 2.97. The Kier molecular flexibility index (Phi) is 4.94. The summed E-state index contributed by atoms with van der Waals surface area (Å²) in [6.45, 7) is 4.68. The summed E-state index contributed by atoms with van der Waals surface area (Å²) in [4.78, 5) is 6.60. The first-order chi connectivity index (χ1) is 11.3. The number of nitrogens with one attached hydrogen (secondary N) is 1. The predicted octanol–water partition coefficient (Wildman–Crippen LogP) is 3.49. The molecule has 0 unspecified atom stereocenters. The zero-order valence-electron chi connectivity index (χ0n) is 13.5. The number of hydrogen-bond acceptors (Lipinski definition) is 5. The van der Waals surface area contributed by atoms with Crippen LogP contribution in [0, 0.1) is 18.3 Å². The van der Waals surface area contributed by atoms with E-state index in [4.69, 9.17) is 9.68 Å². The smallest absolute Gasteiger partial charge is 0.232 e. The third-order valence-corrected chi connectivity index (χ3v) is 4.31. The minimum Gasteiger partial charge on any atom is -0.424 e. The number of nitrogens with zero attached hydrogens (tertiary/aromatic N) is 3. The number of aromatic nitrogens is 1. The molecule has 0 spiro atoms. The summed E-state index contributed by atoms with van der Waals surface area (Å²) in [6, 6.07) is 12.9. The fourth-order valence-electron chi connectivity index (χ4n) is 3.18. The molecule has 5 nitrogen and oxygen atoms in total. The maximum atomic E-state index is 9.14. The third-order valence-electron chi connectivity index (χ3n) is 4.31. The molecule has 1 aromatic carbocycles. The van der Waals surface area contributed by atoms with Crippen LogP contribution in [0.15, 0.2) is 34.7 Å². The standard InChI is InChI=1S/C18H22N4O/c1-14-21-16(12-19)18(23-14)20-13-17(15-8-4-2-5-9-15)22-10-6-3-7-11-22/h2,4-5,8-9,17,20H,3,6-7,10-11,13H2,1H3/t17-/m1/s1. The minimum absolute atomic E-state index is 0.272. The molecule has 1 atom stereocenters. The molecule has 1 fully saturated rings. The molecule has 1 saturated heterocycles. The number of rotatable bonds is 5. The van der Waals surface area contributed by atoms with Crippen molar-refractivity contribution in [3.63, 3.8) is 0 Å². The predicted molar refractivity (Wildman–Crippen MR) is 89.1 cm³/mol. The molecule has 2 aromatic rings. The molecule has 0 radical (unpaired) electrons. The second kappa shape index (κ2) is 7.30. The molecular weight excluding hydrogens is 288 g/mol. The highest BCUT2D eigenvalue weighted by molar-refractivity contribution is 5.45. The number of likely N-dealkylation sites (tertiary alicyclic amines) is 1. The normalized spacial score (nSPS) is 16.7. The quantitative estimate of drug-likeness (QED) is 0.915.